The van der Waals surface area contributed by atoms with Crippen molar-refractivity contribution in [2.45, 2.75) is 20.0 Å². The number of aromatic nitrogens is 5. The zero-order valence-corrected chi connectivity index (χ0v) is 18.9. The van der Waals surface area contributed by atoms with Crippen molar-refractivity contribution in [1.82, 2.24) is 29.4 Å². The van der Waals surface area contributed by atoms with Gasteiger partial charge in [-0.2, -0.15) is 0 Å². The molecule has 2 aromatic heterocycles. The maximum absolute atomic E-state index is 12.9. The molecular weight excluding hydrogens is 418 g/mol. The first-order valence-electron chi connectivity index (χ1n) is 11.1. The van der Waals surface area contributed by atoms with Crippen molar-refractivity contribution in [3.8, 4) is 5.75 Å². The van der Waals surface area contributed by atoms with Gasteiger partial charge < -0.3 is 19.1 Å². The molecule has 1 fully saturated rings. The number of nitrogens with zero attached hydrogens (tertiary/aromatic N) is 7. The van der Waals surface area contributed by atoms with Gasteiger partial charge in [0.2, 0.25) is 5.91 Å². The number of rotatable bonds is 6. The quantitative estimate of drug-likeness (QED) is 0.453. The van der Waals surface area contributed by atoms with E-state index in [9.17, 15) is 4.79 Å². The summed E-state index contributed by atoms with van der Waals surface area (Å²) < 4.78 is 9.21. The van der Waals surface area contributed by atoms with Crippen LogP contribution in [-0.2, 0) is 17.9 Å². The summed E-state index contributed by atoms with van der Waals surface area (Å²) in [6, 6.07) is 16.0. The van der Waals surface area contributed by atoms with E-state index >= 15 is 0 Å². The molecule has 0 atom stereocenters. The lowest BCUT2D eigenvalue weighted by Crippen LogP contribution is -2.49. The van der Waals surface area contributed by atoms with Gasteiger partial charge >= 0.3 is 0 Å². The second-order valence-electron chi connectivity index (χ2n) is 8.18. The number of fused-ring (bicyclic) bond motifs is 1. The predicted octanol–water partition coefficient (Wildman–Crippen LogP) is 2.34. The van der Waals surface area contributed by atoms with E-state index in [1.807, 2.05) is 60.5 Å². The molecule has 0 unspecified atom stereocenters. The standard InChI is InChI=1S/C24H27N7O2/c1-18-25-20-7-3-4-8-21(20)31(18)16-19-15-30(27-26-19)17-24(32)29-13-11-28(12-14-29)22-9-5-6-10-23(22)33-2/h3-10,15H,11-14,16-17H2,1-2H3. The average molecular weight is 446 g/mol. The van der Waals surface area contributed by atoms with E-state index in [2.05, 4.69) is 30.8 Å². The fourth-order valence-electron chi connectivity index (χ4n) is 4.37. The van der Waals surface area contributed by atoms with Crippen LogP contribution in [0.15, 0.2) is 54.7 Å². The number of benzene rings is 2. The van der Waals surface area contributed by atoms with E-state index in [0.717, 1.165) is 47.1 Å². The molecule has 4 aromatic rings. The van der Waals surface area contributed by atoms with Crippen molar-refractivity contribution < 1.29 is 9.53 Å². The van der Waals surface area contributed by atoms with Crippen LogP contribution in [-0.4, -0.2) is 68.6 Å². The molecule has 1 saturated heterocycles. The van der Waals surface area contributed by atoms with Crippen molar-refractivity contribution in [3.63, 3.8) is 0 Å². The third-order valence-corrected chi connectivity index (χ3v) is 6.11. The SMILES string of the molecule is COc1ccccc1N1CCN(C(=O)Cn2cc(Cn3c(C)nc4ccccc43)nn2)CC1. The lowest BCUT2D eigenvalue weighted by atomic mass is 10.2. The van der Waals surface area contributed by atoms with E-state index < -0.39 is 0 Å². The molecule has 0 saturated carbocycles. The molecule has 0 aliphatic carbocycles. The molecule has 1 aliphatic rings. The number of imidazole rings is 1. The molecular formula is C24H27N7O2. The lowest BCUT2D eigenvalue weighted by molar-refractivity contribution is -0.132. The first kappa shape index (κ1) is 21.0. The predicted molar refractivity (Wildman–Crippen MR) is 125 cm³/mol. The van der Waals surface area contributed by atoms with Crippen LogP contribution >= 0.6 is 0 Å². The third-order valence-electron chi connectivity index (χ3n) is 6.11. The molecule has 9 nitrogen and oxygen atoms in total. The maximum Gasteiger partial charge on any atom is 0.244 e. The maximum atomic E-state index is 12.9. The first-order chi connectivity index (χ1) is 16.1. The fourth-order valence-corrected chi connectivity index (χ4v) is 4.37. The third kappa shape index (κ3) is 4.26. The number of amides is 1. The van der Waals surface area contributed by atoms with E-state index in [1.165, 1.54) is 0 Å². The van der Waals surface area contributed by atoms with Gasteiger partial charge in [-0.05, 0) is 31.2 Å². The molecule has 0 bridgehead atoms. The van der Waals surface area contributed by atoms with E-state index in [1.54, 1.807) is 11.8 Å². The number of methoxy groups -OCH3 is 1. The zero-order valence-electron chi connectivity index (χ0n) is 18.9. The summed E-state index contributed by atoms with van der Waals surface area (Å²) in [7, 11) is 1.68. The Morgan fingerprint density at radius 2 is 1.79 bits per heavy atom. The van der Waals surface area contributed by atoms with Crippen LogP contribution in [0.5, 0.6) is 5.75 Å². The summed E-state index contributed by atoms with van der Waals surface area (Å²) >= 11 is 0. The highest BCUT2D eigenvalue weighted by atomic mass is 16.5. The molecule has 1 aliphatic heterocycles. The highest BCUT2D eigenvalue weighted by molar-refractivity contribution is 5.77. The van der Waals surface area contributed by atoms with E-state index in [4.69, 9.17) is 4.74 Å². The zero-order chi connectivity index (χ0) is 22.8. The summed E-state index contributed by atoms with van der Waals surface area (Å²) in [5.41, 5.74) is 3.89. The number of anilines is 1. The molecule has 9 heteroatoms. The van der Waals surface area contributed by atoms with E-state index in [-0.39, 0.29) is 12.5 Å². The Labute approximate surface area is 192 Å². The molecule has 2 aromatic carbocycles. The van der Waals surface area contributed by atoms with Gasteiger partial charge in [-0.15, -0.1) is 5.10 Å². The summed E-state index contributed by atoms with van der Waals surface area (Å²) in [4.78, 5) is 21.6. The number of hydrogen-bond acceptors (Lipinski definition) is 6. The summed E-state index contributed by atoms with van der Waals surface area (Å²) in [6.45, 7) is 5.60. The van der Waals surface area contributed by atoms with Gasteiger partial charge in [0.1, 0.15) is 23.8 Å². The number of ether oxygens (including phenoxy) is 1. The van der Waals surface area contributed by atoms with Gasteiger partial charge in [-0.25, -0.2) is 9.67 Å². The Kier molecular flexibility index (Phi) is 5.68. The van der Waals surface area contributed by atoms with Crippen LogP contribution in [0.25, 0.3) is 11.0 Å². The second kappa shape index (κ2) is 8.93. The monoisotopic (exact) mass is 445 g/mol. The Morgan fingerprint density at radius 3 is 2.61 bits per heavy atom. The minimum Gasteiger partial charge on any atom is -0.495 e. The molecule has 3 heterocycles. The van der Waals surface area contributed by atoms with Crippen LogP contribution in [0.4, 0.5) is 5.69 Å². The van der Waals surface area contributed by atoms with Crippen LogP contribution in [0.2, 0.25) is 0 Å². The number of carbonyl (C=O) groups excluding carboxylic acids is 1. The van der Waals surface area contributed by atoms with Gasteiger partial charge in [0.15, 0.2) is 0 Å². The van der Waals surface area contributed by atoms with Gasteiger partial charge in [0.25, 0.3) is 0 Å². The van der Waals surface area contributed by atoms with Crippen LogP contribution in [0.3, 0.4) is 0 Å². The van der Waals surface area contributed by atoms with Crippen LogP contribution in [0, 0.1) is 6.92 Å². The molecule has 0 radical (unpaired) electrons. The first-order valence-corrected chi connectivity index (χ1v) is 11.1. The number of hydrogen-bond donors (Lipinski definition) is 0. The number of carbonyl (C=O) groups is 1. The highest BCUT2D eigenvalue weighted by Gasteiger charge is 2.23. The van der Waals surface area contributed by atoms with Gasteiger partial charge in [0, 0.05) is 26.2 Å². The number of aryl methyl sites for hydroxylation is 1. The lowest BCUT2D eigenvalue weighted by Gasteiger charge is -2.36. The second-order valence-corrected chi connectivity index (χ2v) is 8.18. The average Bonchev–Trinajstić information content (AvgIpc) is 3.42. The Balaban J connectivity index is 1.20. The molecule has 1 amide bonds. The molecule has 33 heavy (non-hydrogen) atoms. The normalized spacial score (nSPS) is 14.1. The minimum atomic E-state index is 0.0513. The fraction of sp³-hybridized carbons (Fsp3) is 0.333. The summed E-state index contributed by atoms with van der Waals surface area (Å²) in [6.07, 6.45) is 1.84. The van der Waals surface area contributed by atoms with Crippen molar-refractivity contribution in [2.24, 2.45) is 0 Å². The summed E-state index contributed by atoms with van der Waals surface area (Å²) in [5, 5.41) is 8.46. The Morgan fingerprint density at radius 1 is 1.03 bits per heavy atom. The van der Waals surface area contributed by atoms with Crippen LogP contribution in [0.1, 0.15) is 11.5 Å². The topological polar surface area (TPSA) is 81.3 Å². The van der Waals surface area contributed by atoms with E-state index in [0.29, 0.717) is 19.6 Å². The van der Waals surface area contributed by atoms with Crippen molar-refractivity contribution in [1.29, 1.82) is 0 Å². The van der Waals surface area contributed by atoms with Gasteiger partial charge in [-0.1, -0.05) is 29.5 Å². The molecule has 5 rings (SSSR count). The van der Waals surface area contributed by atoms with Crippen molar-refractivity contribution in [3.05, 3.63) is 66.2 Å². The summed E-state index contributed by atoms with van der Waals surface area (Å²) in [5.74, 6) is 1.83. The Hall–Kier alpha value is -3.88. The number of para-hydroxylation sites is 4. The van der Waals surface area contributed by atoms with Crippen molar-refractivity contribution in [2.75, 3.05) is 38.2 Å². The highest BCUT2D eigenvalue weighted by Crippen LogP contribution is 2.28. The Bertz CT molecular complexity index is 1270. The molecule has 170 valence electrons. The van der Waals surface area contributed by atoms with Crippen LogP contribution < -0.4 is 9.64 Å². The largest absolute Gasteiger partial charge is 0.495 e. The van der Waals surface area contributed by atoms with Gasteiger partial charge in [0.05, 0.1) is 36.6 Å². The van der Waals surface area contributed by atoms with Crippen molar-refractivity contribution >= 4 is 22.6 Å². The smallest absolute Gasteiger partial charge is 0.244 e. The number of piperazine rings is 1. The molecule has 0 N–H and O–H groups in total. The molecule has 0 spiro atoms. The van der Waals surface area contributed by atoms with Gasteiger partial charge in [-0.3, -0.25) is 4.79 Å². The minimum absolute atomic E-state index is 0.0513.